The number of nitrogens with one attached hydrogen (secondary N) is 1. The third-order valence-electron chi connectivity index (χ3n) is 4.54. The molecule has 0 saturated heterocycles. The van der Waals surface area contributed by atoms with Crippen LogP contribution in [0.2, 0.25) is 0 Å². The summed E-state index contributed by atoms with van der Waals surface area (Å²) in [5, 5.41) is 2.75. The lowest BCUT2D eigenvalue weighted by Crippen LogP contribution is -2.46. The maximum atomic E-state index is 13.3. The number of hydrogen-bond acceptors (Lipinski definition) is 4. The molecule has 5 nitrogen and oxygen atoms in total. The summed E-state index contributed by atoms with van der Waals surface area (Å²) >= 11 is 0. The fourth-order valence-electron chi connectivity index (χ4n) is 3.13. The number of amides is 1. The van der Waals surface area contributed by atoms with Gasteiger partial charge in [-0.2, -0.15) is 0 Å². The summed E-state index contributed by atoms with van der Waals surface area (Å²) in [4.78, 5) is 25.5. The van der Waals surface area contributed by atoms with Crippen LogP contribution in [0.1, 0.15) is 38.3 Å². The summed E-state index contributed by atoms with van der Waals surface area (Å²) in [5.41, 5.74) is 0.257. The largest absolute Gasteiger partial charge is 0.460 e. The molecule has 0 unspecified atom stereocenters. The fourth-order valence-corrected chi connectivity index (χ4v) is 3.13. The van der Waals surface area contributed by atoms with Crippen LogP contribution >= 0.6 is 0 Å². The van der Waals surface area contributed by atoms with Gasteiger partial charge in [0.15, 0.2) is 0 Å². The minimum atomic E-state index is -0.991. The molecule has 2 aromatic rings. The van der Waals surface area contributed by atoms with Crippen molar-refractivity contribution in [1.29, 1.82) is 0 Å². The number of alkyl carbamates (subject to hydrolysis) is 1. The molecular formula is C25H31NO4. The first kappa shape index (κ1) is 23.2. The second-order valence-electron chi connectivity index (χ2n) is 8.35. The van der Waals surface area contributed by atoms with Crippen LogP contribution in [0.3, 0.4) is 0 Å². The smallest absolute Gasteiger partial charge is 0.407 e. The van der Waals surface area contributed by atoms with E-state index in [1.54, 1.807) is 26.8 Å². The second kappa shape index (κ2) is 10.6. The van der Waals surface area contributed by atoms with Crippen molar-refractivity contribution in [3.05, 3.63) is 84.4 Å². The quantitative estimate of drug-likeness (QED) is 0.464. The number of esters is 1. The molecule has 1 amide bonds. The van der Waals surface area contributed by atoms with E-state index in [2.05, 4.69) is 11.9 Å². The van der Waals surface area contributed by atoms with E-state index in [1.165, 1.54) is 0 Å². The standard InChI is InChI=1S/C25H31NO4/c1-5-16-25(17-20-12-8-6-9-13-20,19-26-23(28)30-24(2,3)4)22(27)29-18-21-14-10-7-11-15-21/h5-15H,1,16-19H2,2-4H3,(H,26,28)/t25-/m0/s1. The zero-order valence-electron chi connectivity index (χ0n) is 18.0. The molecule has 0 bridgehead atoms. The molecule has 30 heavy (non-hydrogen) atoms. The number of carbonyl (C=O) groups is 2. The Hall–Kier alpha value is -3.08. The highest BCUT2D eigenvalue weighted by atomic mass is 16.6. The van der Waals surface area contributed by atoms with E-state index in [0.717, 1.165) is 11.1 Å². The summed E-state index contributed by atoms with van der Waals surface area (Å²) in [6, 6.07) is 19.2. The van der Waals surface area contributed by atoms with Crippen molar-refractivity contribution < 1.29 is 19.1 Å². The Morgan fingerprint density at radius 1 is 0.967 bits per heavy atom. The summed E-state index contributed by atoms with van der Waals surface area (Å²) < 4.78 is 11.0. The maximum Gasteiger partial charge on any atom is 0.407 e. The van der Waals surface area contributed by atoms with E-state index in [1.807, 2.05) is 60.7 Å². The lowest BCUT2D eigenvalue weighted by molar-refractivity contribution is -0.157. The van der Waals surface area contributed by atoms with E-state index in [4.69, 9.17) is 9.47 Å². The molecule has 0 aliphatic heterocycles. The molecule has 0 saturated carbocycles. The lowest BCUT2D eigenvalue weighted by Gasteiger charge is -2.31. The average molecular weight is 410 g/mol. The first-order valence-electron chi connectivity index (χ1n) is 10.1. The van der Waals surface area contributed by atoms with Crippen molar-refractivity contribution >= 4 is 12.1 Å². The lowest BCUT2D eigenvalue weighted by atomic mass is 9.78. The van der Waals surface area contributed by atoms with Gasteiger partial charge >= 0.3 is 12.1 Å². The molecule has 0 spiro atoms. The normalized spacial score (nSPS) is 13.0. The Balaban J connectivity index is 2.22. The van der Waals surface area contributed by atoms with E-state index in [9.17, 15) is 9.59 Å². The first-order valence-corrected chi connectivity index (χ1v) is 10.1. The number of allylic oxidation sites excluding steroid dienone is 1. The molecule has 2 rings (SSSR count). The number of rotatable bonds is 9. The molecule has 0 aliphatic rings. The van der Waals surface area contributed by atoms with Crippen molar-refractivity contribution in [2.75, 3.05) is 6.54 Å². The topological polar surface area (TPSA) is 64.6 Å². The van der Waals surface area contributed by atoms with E-state index >= 15 is 0 Å². The third-order valence-corrected chi connectivity index (χ3v) is 4.54. The van der Waals surface area contributed by atoms with Crippen LogP contribution in [-0.4, -0.2) is 24.2 Å². The van der Waals surface area contributed by atoms with Gasteiger partial charge in [-0.05, 0) is 44.7 Å². The molecule has 0 aromatic heterocycles. The Morgan fingerprint density at radius 3 is 2.07 bits per heavy atom. The first-order chi connectivity index (χ1) is 14.2. The molecule has 2 aromatic carbocycles. The Labute approximate surface area is 179 Å². The van der Waals surface area contributed by atoms with Crippen molar-refractivity contribution in [1.82, 2.24) is 5.32 Å². The Kier molecular flexibility index (Phi) is 8.22. The zero-order chi connectivity index (χ0) is 22.0. The van der Waals surface area contributed by atoms with Crippen LogP contribution in [-0.2, 0) is 27.3 Å². The summed E-state index contributed by atoms with van der Waals surface area (Å²) in [7, 11) is 0. The van der Waals surface area contributed by atoms with Crippen molar-refractivity contribution in [2.24, 2.45) is 5.41 Å². The molecule has 0 aliphatic carbocycles. The monoisotopic (exact) mass is 409 g/mol. The highest BCUT2D eigenvalue weighted by Crippen LogP contribution is 2.30. The van der Waals surface area contributed by atoms with Gasteiger partial charge in [0, 0.05) is 6.54 Å². The Bertz CT molecular complexity index is 827. The summed E-state index contributed by atoms with van der Waals surface area (Å²) in [6.07, 6.45) is 1.87. The van der Waals surface area contributed by atoms with E-state index in [0.29, 0.717) is 12.8 Å². The van der Waals surface area contributed by atoms with Gasteiger partial charge in [-0.3, -0.25) is 4.79 Å². The summed E-state index contributed by atoms with van der Waals surface area (Å²) in [6.45, 7) is 9.45. The van der Waals surface area contributed by atoms with Gasteiger partial charge in [0.25, 0.3) is 0 Å². The molecule has 160 valence electrons. The van der Waals surface area contributed by atoms with Gasteiger partial charge in [0.2, 0.25) is 0 Å². The number of hydrogen-bond donors (Lipinski definition) is 1. The van der Waals surface area contributed by atoms with Crippen LogP contribution < -0.4 is 5.32 Å². The number of ether oxygens (including phenoxy) is 2. The van der Waals surface area contributed by atoms with Gasteiger partial charge < -0.3 is 14.8 Å². The second-order valence-corrected chi connectivity index (χ2v) is 8.35. The molecule has 1 N–H and O–H groups in total. The van der Waals surface area contributed by atoms with Gasteiger partial charge in [0.05, 0.1) is 5.41 Å². The fraction of sp³-hybridized carbons (Fsp3) is 0.360. The zero-order valence-corrected chi connectivity index (χ0v) is 18.0. The molecule has 0 fully saturated rings. The van der Waals surface area contributed by atoms with Gasteiger partial charge in [-0.15, -0.1) is 6.58 Å². The van der Waals surface area contributed by atoms with Crippen molar-refractivity contribution in [3.8, 4) is 0 Å². The predicted octanol–water partition coefficient (Wildman–Crippen LogP) is 5.06. The van der Waals surface area contributed by atoms with Crippen molar-refractivity contribution in [2.45, 2.75) is 45.8 Å². The van der Waals surface area contributed by atoms with E-state index < -0.39 is 17.1 Å². The van der Waals surface area contributed by atoms with Crippen molar-refractivity contribution in [3.63, 3.8) is 0 Å². The minimum Gasteiger partial charge on any atom is -0.460 e. The molecule has 0 heterocycles. The van der Waals surface area contributed by atoms with Gasteiger partial charge in [0.1, 0.15) is 12.2 Å². The van der Waals surface area contributed by atoms with Crippen LogP contribution in [0.5, 0.6) is 0 Å². The maximum absolute atomic E-state index is 13.3. The van der Waals surface area contributed by atoms with Gasteiger partial charge in [-0.1, -0.05) is 66.7 Å². The molecule has 5 heteroatoms. The molecule has 1 atom stereocenters. The molecular weight excluding hydrogens is 378 g/mol. The number of carbonyl (C=O) groups excluding carboxylic acids is 2. The predicted molar refractivity (Wildman–Crippen MR) is 118 cm³/mol. The average Bonchev–Trinajstić information content (AvgIpc) is 2.70. The van der Waals surface area contributed by atoms with Gasteiger partial charge in [-0.25, -0.2) is 4.79 Å². The highest BCUT2D eigenvalue weighted by molar-refractivity contribution is 5.79. The SMILES string of the molecule is C=CC[C@@](CNC(=O)OC(C)(C)C)(Cc1ccccc1)C(=O)OCc1ccccc1. The van der Waals surface area contributed by atoms with Crippen LogP contribution in [0, 0.1) is 5.41 Å². The van der Waals surface area contributed by atoms with Crippen LogP contribution in [0.15, 0.2) is 73.3 Å². The van der Waals surface area contributed by atoms with Crippen LogP contribution in [0.25, 0.3) is 0 Å². The number of benzene rings is 2. The van der Waals surface area contributed by atoms with E-state index in [-0.39, 0.29) is 19.1 Å². The summed E-state index contributed by atoms with van der Waals surface area (Å²) in [5.74, 6) is -0.383. The Morgan fingerprint density at radius 2 is 1.53 bits per heavy atom. The third kappa shape index (κ3) is 7.39. The minimum absolute atomic E-state index is 0.0798. The van der Waals surface area contributed by atoms with Crippen LogP contribution in [0.4, 0.5) is 4.79 Å². The highest BCUT2D eigenvalue weighted by Gasteiger charge is 2.40. The molecule has 0 radical (unpaired) electrons.